The Labute approximate surface area is 163 Å². The van der Waals surface area contributed by atoms with E-state index in [9.17, 15) is 22.8 Å². The van der Waals surface area contributed by atoms with Gasteiger partial charge in [-0.3, -0.25) is 9.59 Å². The van der Waals surface area contributed by atoms with Crippen LogP contribution in [0.1, 0.15) is 32.8 Å². The second kappa shape index (κ2) is 8.94. The highest BCUT2D eigenvalue weighted by atomic mass is 19.4. The number of benzene rings is 1. The van der Waals surface area contributed by atoms with E-state index in [4.69, 9.17) is 0 Å². The molecule has 156 valence electrons. The van der Waals surface area contributed by atoms with Gasteiger partial charge in [-0.1, -0.05) is 26.0 Å². The molecule has 2 rings (SSSR count). The van der Waals surface area contributed by atoms with Crippen molar-refractivity contribution in [1.82, 2.24) is 4.90 Å². The number of amides is 2. The predicted octanol–water partition coefficient (Wildman–Crippen LogP) is 2.05. The number of para-hydroxylation sites is 1. The van der Waals surface area contributed by atoms with E-state index in [0.29, 0.717) is 29.8 Å². The summed E-state index contributed by atoms with van der Waals surface area (Å²) >= 11 is 0. The third-order valence-corrected chi connectivity index (χ3v) is 5.24. The molecule has 0 spiro atoms. The molecule has 1 fully saturated rings. The standard InChI is InChI=1S/C20H28F3N3O2/c1-13-9-14(2)11-26(10-13)19(28)15(3)25(4)12-18(27)24-17-8-6-5-7-16(17)20(21,22)23/h5-8,13-15H,9-12H2,1-4H3,(H,24,27)/p+1/t13-,14-,15-/m1/s1. The number of likely N-dealkylation sites (tertiary alicyclic amines) is 1. The number of hydrogen-bond donors (Lipinski definition) is 2. The van der Waals surface area contributed by atoms with Crippen molar-refractivity contribution < 1.29 is 27.7 Å². The van der Waals surface area contributed by atoms with Crippen LogP contribution in [-0.2, 0) is 15.8 Å². The normalized spacial score (nSPS) is 22.5. The molecule has 0 bridgehead atoms. The summed E-state index contributed by atoms with van der Waals surface area (Å²) in [6, 6.07) is 4.41. The molecule has 0 radical (unpaired) electrons. The molecule has 1 saturated heterocycles. The van der Waals surface area contributed by atoms with E-state index in [0.717, 1.165) is 12.5 Å². The van der Waals surface area contributed by atoms with Crippen molar-refractivity contribution in [2.75, 3.05) is 32.0 Å². The molecule has 0 aliphatic carbocycles. The fraction of sp³-hybridized carbons (Fsp3) is 0.600. The number of quaternary nitrogens is 1. The van der Waals surface area contributed by atoms with E-state index in [1.807, 2.05) is 4.90 Å². The van der Waals surface area contributed by atoms with Crippen LogP contribution in [0.15, 0.2) is 24.3 Å². The lowest BCUT2D eigenvalue weighted by molar-refractivity contribution is -0.886. The van der Waals surface area contributed by atoms with Gasteiger partial charge in [0.1, 0.15) is 0 Å². The van der Waals surface area contributed by atoms with Crippen LogP contribution in [0, 0.1) is 11.8 Å². The Morgan fingerprint density at radius 3 is 2.36 bits per heavy atom. The third-order valence-electron chi connectivity index (χ3n) is 5.24. The number of anilines is 1. The van der Waals surface area contributed by atoms with Gasteiger partial charge in [-0.05, 0) is 37.3 Å². The van der Waals surface area contributed by atoms with Gasteiger partial charge in [0.15, 0.2) is 12.6 Å². The smallest absolute Gasteiger partial charge is 0.337 e. The second-order valence-corrected chi connectivity index (χ2v) is 8.03. The first-order valence-corrected chi connectivity index (χ1v) is 9.56. The molecule has 2 N–H and O–H groups in total. The van der Waals surface area contributed by atoms with Crippen LogP contribution in [0.3, 0.4) is 0 Å². The lowest BCUT2D eigenvalue weighted by Gasteiger charge is -2.36. The van der Waals surface area contributed by atoms with Gasteiger partial charge in [0, 0.05) is 13.1 Å². The van der Waals surface area contributed by atoms with Gasteiger partial charge in [0.05, 0.1) is 18.3 Å². The maximum absolute atomic E-state index is 13.1. The lowest BCUT2D eigenvalue weighted by Crippen LogP contribution is -3.15. The highest BCUT2D eigenvalue weighted by Crippen LogP contribution is 2.34. The molecule has 1 unspecified atom stereocenters. The number of nitrogens with zero attached hydrogens (tertiary/aromatic N) is 1. The van der Waals surface area contributed by atoms with Gasteiger partial charge in [-0.25, -0.2) is 0 Å². The topological polar surface area (TPSA) is 53.9 Å². The maximum Gasteiger partial charge on any atom is 0.418 e. The summed E-state index contributed by atoms with van der Waals surface area (Å²) in [5.74, 6) is 0.276. The molecule has 1 aromatic rings. The zero-order valence-electron chi connectivity index (χ0n) is 16.8. The zero-order valence-corrected chi connectivity index (χ0v) is 16.8. The van der Waals surface area contributed by atoms with Gasteiger partial charge < -0.3 is 15.1 Å². The van der Waals surface area contributed by atoms with Crippen LogP contribution >= 0.6 is 0 Å². The van der Waals surface area contributed by atoms with Crippen molar-refractivity contribution in [1.29, 1.82) is 0 Å². The minimum absolute atomic E-state index is 0.0283. The molecule has 8 heteroatoms. The molecule has 1 heterocycles. The Bertz CT molecular complexity index is 698. The van der Waals surface area contributed by atoms with Gasteiger partial charge in [0.2, 0.25) is 0 Å². The Balaban J connectivity index is 1.98. The molecule has 1 aliphatic rings. The predicted molar refractivity (Wildman–Crippen MR) is 101 cm³/mol. The summed E-state index contributed by atoms with van der Waals surface area (Å²) in [6.07, 6.45) is -3.46. The van der Waals surface area contributed by atoms with Gasteiger partial charge in [0.25, 0.3) is 11.8 Å². The first-order chi connectivity index (χ1) is 13.0. The molecular weight excluding hydrogens is 371 g/mol. The van der Waals surface area contributed by atoms with Crippen LogP contribution in [0.25, 0.3) is 0 Å². The molecule has 2 amide bonds. The summed E-state index contributed by atoms with van der Waals surface area (Å²) in [5.41, 5.74) is -1.16. The first-order valence-electron chi connectivity index (χ1n) is 9.56. The number of hydrogen-bond acceptors (Lipinski definition) is 2. The SMILES string of the molecule is C[C@@H]1C[C@@H](C)CN(C(=O)[C@@H](C)[NH+](C)CC(=O)Nc2ccccc2C(F)(F)F)C1. The summed E-state index contributed by atoms with van der Waals surface area (Å²) in [4.78, 5) is 27.5. The monoisotopic (exact) mass is 400 g/mol. The van der Waals surface area contributed by atoms with Crippen LogP contribution in [0.2, 0.25) is 0 Å². The van der Waals surface area contributed by atoms with Crippen molar-refractivity contribution in [3.05, 3.63) is 29.8 Å². The number of alkyl halides is 3. The Kier molecular flexibility index (Phi) is 7.09. The maximum atomic E-state index is 13.1. The number of carbonyl (C=O) groups is 2. The summed E-state index contributed by atoms with van der Waals surface area (Å²) in [6.45, 7) is 7.28. The largest absolute Gasteiger partial charge is 0.418 e. The number of carbonyl (C=O) groups excluding carboxylic acids is 2. The summed E-state index contributed by atoms with van der Waals surface area (Å²) < 4.78 is 39.2. The quantitative estimate of drug-likeness (QED) is 0.795. The Hall–Kier alpha value is -2.09. The fourth-order valence-corrected chi connectivity index (χ4v) is 3.77. The van der Waals surface area contributed by atoms with Crippen LogP contribution in [0.4, 0.5) is 18.9 Å². The van der Waals surface area contributed by atoms with Crippen LogP contribution < -0.4 is 10.2 Å². The molecule has 28 heavy (non-hydrogen) atoms. The number of piperidine rings is 1. The van der Waals surface area contributed by atoms with Crippen molar-refractivity contribution in [2.45, 2.75) is 39.4 Å². The van der Waals surface area contributed by atoms with Gasteiger partial charge in [-0.2, -0.15) is 13.2 Å². The van der Waals surface area contributed by atoms with E-state index in [1.165, 1.54) is 18.2 Å². The highest BCUT2D eigenvalue weighted by Gasteiger charge is 2.35. The Morgan fingerprint density at radius 1 is 1.21 bits per heavy atom. The van der Waals surface area contributed by atoms with E-state index in [-0.39, 0.29) is 18.1 Å². The van der Waals surface area contributed by atoms with E-state index in [2.05, 4.69) is 19.2 Å². The van der Waals surface area contributed by atoms with Crippen LogP contribution in [0.5, 0.6) is 0 Å². The number of nitrogens with one attached hydrogen (secondary N) is 2. The van der Waals surface area contributed by atoms with Crippen molar-refractivity contribution >= 4 is 17.5 Å². The average Bonchev–Trinajstić information content (AvgIpc) is 2.59. The van der Waals surface area contributed by atoms with Gasteiger partial charge >= 0.3 is 6.18 Å². The average molecular weight is 400 g/mol. The van der Waals surface area contributed by atoms with Crippen molar-refractivity contribution in [3.8, 4) is 0 Å². The number of halogens is 3. The molecule has 0 saturated carbocycles. The molecule has 4 atom stereocenters. The number of likely N-dealkylation sites (N-methyl/N-ethyl adjacent to an activating group) is 1. The lowest BCUT2D eigenvalue weighted by atomic mass is 9.91. The second-order valence-electron chi connectivity index (χ2n) is 8.03. The summed E-state index contributed by atoms with van der Waals surface area (Å²) in [7, 11) is 1.70. The minimum atomic E-state index is -4.55. The van der Waals surface area contributed by atoms with E-state index < -0.39 is 23.7 Å². The van der Waals surface area contributed by atoms with Crippen molar-refractivity contribution in [3.63, 3.8) is 0 Å². The van der Waals surface area contributed by atoms with Gasteiger partial charge in [-0.15, -0.1) is 0 Å². The van der Waals surface area contributed by atoms with Crippen LogP contribution in [-0.4, -0.2) is 49.4 Å². The van der Waals surface area contributed by atoms with E-state index >= 15 is 0 Å². The molecule has 5 nitrogen and oxygen atoms in total. The van der Waals surface area contributed by atoms with E-state index in [1.54, 1.807) is 14.0 Å². The highest BCUT2D eigenvalue weighted by molar-refractivity contribution is 5.92. The molecule has 0 aromatic heterocycles. The Morgan fingerprint density at radius 2 is 1.79 bits per heavy atom. The number of rotatable bonds is 5. The molecule has 1 aromatic carbocycles. The van der Waals surface area contributed by atoms with Crippen molar-refractivity contribution in [2.24, 2.45) is 11.8 Å². The fourth-order valence-electron chi connectivity index (χ4n) is 3.77. The molecular formula is C20H29F3N3O2+. The first kappa shape index (κ1) is 22.2. The molecule has 1 aliphatic heterocycles. The zero-order chi connectivity index (χ0) is 21.1. The summed E-state index contributed by atoms with van der Waals surface area (Å²) in [5, 5.41) is 2.33. The minimum Gasteiger partial charge on any atom is -0.337 e. The third kappa shape index (κ3) is 5.70.